The number of halogens is 1. The maximum absolute atomic E-state index is 12.8. The van der Waals surface area contributed by atoms with Crippen LogP contribution in [0.4, 0.5) is 0 Å². The lowest BCUT2D eigenvalue weighted by molar-refractivity contribution is -0.0530. The molecule has 5 N–H and O–H groups in total. The number of hydrogen-bond acceptors (Lipinski definition) is 9. The van der Waals surface area contributed by atoms with Gasteiger partial charge in [-0.2, -0.15) is 0 Å². The molecule has 17 heteroatoms. The minimum Gasteiger partial charge on any atom is -0.389 e. The first kappa shape index (κ1) is 27.8. The molecule has 0 amide bonds. The Labute approximate surface area is 203 Å². The zero-order chi connectivity index (χ0) is 26.0. The Bertz CT molecular complexity index is 1280. The summed E-state index contributed by atoms with van der Waals surface area (Å²) in [5.41, 5.74) is 0.208. The van der Waals surface area contributed by atoms with E-state index in [0.29, 0.717) is 5.02 Å². The third-order valence-electron chi connectivity index (χ3n) is 4.93. The summed E-state index contributed by atoms with van der Waals surface area (Å²) in [5, 5.41) is 25.0. The third-order valence-corrected chi connectivity index (χ3v) is 8.62. The molecule has 0 bridgehead atoms. The molecule has 0 radical (unpaired) electrons. The summed E-state index contributed by atoms with van der Waals surface area (Å²) < 4.78 is 34.9. The summed E-state index contributed by atoms with van der Waals surface area (Å²) in [4.78, 5) is 45.3. The first-order valence-electron chi connectivity index (χ1n) is 9.98. The monoisotopic (exact) mass is 555 g/mol. The van der Waals surface area contributed by atoms with Crippen LogP contribution in [0.25, 0.3) is 0 Å². The van der Waals surface area contributed by atoms with E-state index in [1.807, 2.05) is 0 Å². The zero-order valence-electron chi connectivity index (χ0n) is 18.2. The lowest BCUT2D eigenvalue weighted by Gasteiger charge is -2.19. The average Bonchev–Trinajstić information content (AvgIpc) is 3.02. The van der Waals surface area contributed by atoms with Gasteiger partial charge in [-0.05, 0) is 17.7 Å². The van der Waals surface area contributed by atoms with E-state index in [-0.39, 0.29) is 12.1 Å². The molecule has 2 heterocycles. The van der Waals surface area contributed by atoms with Crippen LogP contribution in [0.3, 0.4) is 0 Å². The van der Waals surface area contributed by atoms with Crippen molar-refractivity contribution in [1.82, 2.24) is 9.13 Å². The molecule has 1 aliphatic rings. The molecule has 0 aliphatic carbocycles. The second kappa shape index (κ2) is 11.1. The lowest BCUT2D eigenvalue weighted by Crippen LogP contribution is -2.42. The molecule has 1 aromatic carbocycles. The van der Waals surface area contributed by atoms with Gasteiger partial charge in [0.1, 0.15) is 24.9 Å². The molecule has 0 spiro atoms. The van der Waals surface area contributed by atoms with E-state index in [1.165, 1.54) is 19.3 Å². The van der Waals surface area contributed by atoms with Crippen LogP contribution in [0.2, 0.25) is 5.02 Å². The molecular weight excluding hydrogens is 532 g/mol. The Morgan fingerprint density at radius 3 is 2.54 bits per heavy atom. The summed E-state index contributed by atoms with van der Waals surface area (Å²) in [6.45, 7) is -0.674. The van der Waals surface area contributed by atoms with E-state index in [4.69, 9.17) is 31.0 Å². The molecule has 14 nitrogen and oxygen atoms in total. The van der Waals surface area contributed by atoms with Gasteiger partial charge in [-0.1, -0.05) is 28.9 Å². The molecule has 35 heavy (non-hydrogen) atoms. The highest BCUT2D eigenvalue weighted by Gasteiger charge is 2.45. The predicted molar refractivity (Wildman–Crippen MR) is 120 cm³/mol. The number of hydrogen-bond donors (Lipinski definition) is 5. The number of benzene rings is 1. The summed E-state index contributed by atoms with van der Waals surface area (Å²) in [7, 11) is -8.16. The van der Waals surface area contributed by atoms with Crippen molar-refractivity contribution in [3.05, 3.63) is 63.1 Å². The van der Waals surface area contributed by atoms with Gasteiger partial charge in [0.05, 0.1) is 6.61 Å². The maximum Gasteiger partial charge on any atom is 0.340 e. The molecule has 194 valence electrons. The SMILES string of the molecule is Cn1c(=NOCc2cccc(Cl)c2)ccn([C@@H]2O[C@H](COP(=O)(O)CP(=O)(O)O)[C@@H](O)[C@H]2O)c1=O. The maximum atomic E-state index is 12.8. The minimum atomic E-state index is -4.84. The molecule has 1 saturated heterocycles. The van der Waals surface area contributed by atoms with E-state index in [0.717, 1.165) is 14.7 Å². The van der Waals surface area contributed by atoms with Gasteiger partial charge >= 0.3 is 20.9 Å². The van der Waals surface area contributed by atoms with Crippen molar-refractivity contribution in [3.63, 3.8) is 0 Å². The smallest absolute Gasteiger partial charge is 0.340 e. The number of aliphatic hydroxyl groups is 2. The van der Waals surface area contributed by atoms with Gasteiger partial charge < -0.3 is 39.0 Å². The van der Waals surface area contributed by atoms with Crippen molar-refractivity contribution in [3.8, 4) is 0 Å². The fourth-order valence-corrected chi connectivity index (χ4v) is 6.02. The molecule has 5 atom stereocenters. The predicted octanol–water partition coefficient (Wildman–Crippen LogP) is -0.171. The van der Waals surface area contributed by atoms with E-state index in [2.05, 4.69) is 9.68 Å². The first-order valence-corrected chi connectivity index (χ1v) is 13.9. The highest BCUT2D eigenvalue weighted by Crippen LogP contribution is 2.55. The molecule has 2 aromatic rings. The van der Waals surface area contributed by atoms with Crippen LogP contribution in [0, 0.1) is 0 Å². The Morgan fingerprint density at radius 2 is 1.89 bits per heavy atom. The third kappa shape index (κ3) is 7.34. The highest BCUT2D eigenvalue weighted by atomic mass is 35.5. The van der Waals surface area contributed by atoms with Crippen LogP contribution >= 0.6 is 26.8 Å². The zero-order valence-corrected chi connectivity index (χ0v) is 20.7. The molecule has 1 fully saturated rings. The Morgan fingerprint density at radius 1 is 1.17 bits per heavy atom. The number of ether oxygens (including phenoxy) is 1. The van der Waals surface area contributed by atoms with E-state index >= 15 is 0 Å². The lowest BCUT2D eigenvalue weighted by atomic mass is 10.1. The van der Waals surface area contributed by atoms with Gasteiger partial charge in [-0.25, -0.2) is 4.79 Å². The fourth-order valence-electron chi connectivity index (χ4n) is 3.24. The summed E-state index contributed by atoms with van der Waals surface area (Å²) in [6.07, 6.45) is -4.76. The number of rotatable bonds is 9. The highest BCUT2D eigenvalue weighted by molar-refractivity contribution is 7.70. The largest absolute Gasteiger partial charge is 0.389 e. The Hall–Kier alpha value is -1.83. The summed E-state index contributed by atoms with van der Waals surface area (Å²) in [6, 6.07) is 8.33. The van der Waals surface area contributed by atoms with Gasteiger partial charge in [0.15, 0.2) is 17.6 Å². The summed E-state index contributed by atoms with van der Waals surface area (Å²) in [5.74, 6) is -1.42. The quantitative estimate of drug-likeness (QED) is 0.203. The van der Waals surface area contributed by atoms with Crippen molar-refractivity contribution in [1.29, 1.82) is 0 Å². The van der Waals surface area contributed by atoms with Gasteiger partial charge in [-0.15, -0.1) is 0 Å². The standard InChI is InChI=1S/C18H24ClN3O11P2/c1-21-14(20-31-8-11-3-2-4-12(19)7-11)5-6-22(18(21)25)17-16(24)15(23)13(33-17)9-32-35(29,30)10-34(26,27)28/h2-7,13,15-17,23-24H,8-10H2,1H3,(H,29,30)(H2,26,27,28)/t13-,15-,16-,17-/m1/s1. The molecule has 1 unspecified atom stereocenters. The second-order valence-corrected chi connectivity index (χ2v) is 12.1. The second-order valence-electron chi connectivity index (χ2n) is 7.70. The molecular formula is C18H24ClN3O11P2. The van der Waals surface area contributed by atoms with E-state index in [1.54, 1.807) is 24.3 Å². The Balaban J connectivity index is 1.71. The van der Waals surface area contributed by atoms with Gasteiger partial charge in [0, 0.05) is 24.3 Å². The minimum absolute atomic E-state index is 0.0959. The first-order chi connectivity index (χ1) is 16.3. The topological polar surface area (TPSA) is 202 Å². The number of aliphatic hydroxyl groups excluding tert-OH is 2. The number of aromatic nitrogens is 2. The van der Waals surface area contributed by atoms with Crippen LogP contribution in [-0.4, -0.2) is 64.8 Å². The Kier molecular flexibility index (Phi) is 8.77. The molecule has 1 aromatic heterocycles. The van der Waals surface area contributed by atoms with Crippen LogP contribution in [0.1, 0.15) is 11.8 Å². The van der Waals surface area contributed by atoms with E-state index in [9.17, 15) is 29.0 Å². The van der Waals surface area contributed by atoms with Crippen molar-refractivity contribution in [2.24, 2.45) is 12.2 Å². The normalized spacial score (nSPS) is 24.9. The van der Waals surface area contributed by atoms with Crippen molar-refractivity contribution in [2.75, 3.05) is 12.5 Å². The van der Waals surface area contributed by atoms with Gasteiger partial charge in [-0.3, -0.25) is 18.3 Å². The molecule has 3 rings (SSSR count). The van der Waals surface area contributed by atoms with Crippen molar-refractivity contribution >= 4 is 26.8 Å². The van der Waals surface area contributed by atoms with Crippen LogP contribution in [-0.2, 0) is 36.9 Å². The average molecular weight is 556 g/mol. The molecule has 0 saturated carbocycles. The van der Waals surface area contributed by atoms with Crippen LogP contribution < -0.4 is 11.2 Å². The summed E-state index contributed by atoms with van der Waals surface area (Å²) >= 11 is 5.92. The van der Waals surface area contributed by atoms with Crippen LogP contribution in [0.15, 0.2) is 46.5 Å². The van der Waals surface area contributed by atoms with Gasteiger partial charge in [0.2, 0.25) is 0 Å². The fraction of sp³-hybridized carbons (Fsp3) is 0.444. The van der Waals surface area contributed by atoms with Gasteiger partial charge in [0.25, 0.3) is 0 Å². The number of nitrogens with zero attached hydrogens (tertiary/aromatic N) is 3. The van der Waals surface area contributed by atoms with E-state index < -0.39 is 57.9 Å². The van der Waals surface area contributed by atoms with Crippen molar-refractivity contribution in [2.45, 2.75) is 31.1 Å². The van der Waals surface area contributed by atoms with Crippen molar-refractivity contribution < 1.29 is 48.1 Å². The molecule has 1 aliphatic heterocycles. The van der Waals surface area contributed by atoms with Crippen LogP contribution in [0.5, 0.6) is 0 Å².